The lowest BCUT2D eigenvalue weighted by Crippen LogP contribution is -1.84. The van der Waals surface area contributed by atoms with Gasteiger partial charge in [-0.3, -0.25) is 4.98 Å². The Kier molecular flexibility index (Phi) is 1.75. The number of aromatic amines is 1. The van der Waals surface area contributed by atoms with Gasteiger partial charge in [0.05, 0.1) is 5.69 Å². The van der Waals surface area contributed by atoms with E-state index in [2.05, 4.69) is 15.0 Å². The molecule has 72 valence electrons. The average Bonchev–Trinajstić information content (AvgIpc) is 2.78. The molecular formula is C12H9N3. The van der Waals surface area contributed by atoms with Crippen molar-refractivity contribution in [3.05, 3.63) is 48.9 Å². The summed E-state index contributed by atoms with van der Waals surface area (Å²) in [5.41, 5.74) is 2.99. The van der Waals surface area contributed by atoms with E-state index in [-0.39, 0.29) is 0 Å². The molecule has 0 radical (unpaired) electrons. The van der Waals surface area contributed by atoms with Gasteiger partial charge in [-0.25, -0.2) is 4.98 Å². The van der Waals surface area contributed by atoms with Gasteiger partial charge in [0.15, 0.2) is 0 Å². The molecule has 0 aliphatic carbocycles. The minimum atomic E-state index is 0.901. The molecule has 0 spiro atoms. The van der Waals surface area contributed by atoms with E-state index in [1.165, 1.54) is 0 Å². The molecule has 3 aromatic rings. The predicted molar refractivity (Wildman–Crippen MR) is 59.3 cm³/mol. The third-order valence-corrected chi connectivity index (χ3v) is 2.40. The van der Waals surface area contributed by atoms with Crippen LogP contribution in [0.15, 0.2) is 48.9 Å². The summed E-state index contributed by atoms with van der Waals surface area (Å²) in [6.45, 7) is 0. The highest BCUT2D eigenvalue weighted by molar-refractivity contribution is 5.91. The molecule has 0 fully saturated rings. The molecule has 0 aromatic carbocycles. The fourth-order valence-electron chi connectivity index (χ4n) is 1.71. The van der Waals surface area contributed by atoms with E-state index < -0.39 is 0 Å². The summed E-state index contributed by atoms with van der Waals surface area (Å²) in [4.78, 5) is 11.7. The third kappa shape index (κ3) is 1.29. The summed E-state index contributed by atoms with van der Waals surface area (Å²) in [6.07, 6.45) is 5.49. The van der Waals surface area contributed by atoms with Crippen molar-refractivity contribution in [1.29, 1.82) is 0 Å². The number of rotatable bonds is 1. The first-order chi connectivity index (χ1) is 7.45. The molecular weight excluding hydrogens is 186 g/mol. The average molecular weight is 195 g/mol. The van der Waals surface area contributed by atoms with Crippen molar-refractivity contribution in [2.45, 2.75) is 0 Å². The van der Waals surface area contributed by atoms with E-state index >= 15 is 0 Å². The monoisotopic (exact) mass is 195 g/mol. The Labute approximate surface area is 86.8 Å². The second-order valence-electron chi connectivity index (χ2n) is 3.31. The highest BCUT2D eigenvalue weighted by Gasteiger charge is 2.04. The van der Waals surface area contributed by atoms with Crippen LogP contribution in [0.3, 0.4) is 0 Å². The van der Waals surface area contributed by atoms with Crippen LogP contribution in [-0.2, 0) is 0 Å². The van der Waals surface area contributed by atoms with Gasteiger partial charge in [0.25, 0.3) is 0 Å². The second kappa shape index (κ2) is 3.20. The van der Waals surface area contributed by atoms with Gasteiger partial charge in [-0.1, -0.05) is 6.07 Å². The Hall–Kier alpha value is -2.16. The second-order valence-corrected chi connectivity index (χ2v) is 3.31. The number of pyridine rings is 2. The molecule has 0 aliphatic rings. The van der Waals surface area contributed by atoms with Gasteiger partial charge in [0.2, 0.25) is 0 Å². The number of nitrogens with zero attached hydrogens (tertiary/aromatic N) is 2. The highest BCUT2D eigenvalue weighted by Crippen LogP contribution is 2.24. The van der Waals surface area contributed by atoms with E-state index in [0.717, 1.165) is 22.3 Å². The normalized spacial score (nSPS) is 10.7. The summed E-state index contributed by atoms with van der Waals surface area (Å²) in [6, 6.07) is 9.91. The maximum Gasteiger partial charge on any atom is 0.137 e. The quantitative estimate of drug-likeness (QED) is 0.648. The standard InChI is InChI=1S/C12H9N3/c1-2-6-13-11(3-1)9-4-7-14-12-10(9)5-8-15-12/h1-8H,(H,14,15). The van der Waals surface area contributed by atoms with E-state index in [1.807, 2.05) is 36.5 Å². The van der Waals surface area contributed by atoms with Gasteiger partial charge < -0.3 is 4.98 Å². The molecule has 3 nitrogen and oxygen atoms in total. The number of fused-ring (bicyclic) bond motifs is 1. The van der Waals surface area contributed by atoms with E-state index in [1.54, 1.807) is 12.4 Å². The predicted octanol–water partition coefficient (Wildman–Crippen LogP) is 2.62. The van der Waals surface area contributed by atoms with Crippen LogP contribution in [0, 0.1) is 0 Å². The molecule has 3 heteroatoms. The number of hydrogen-bond donors (Lipinski definition) is 1. The topological polar surface area (TPSA) is 41.6 Å². The summed E-state index contributed by atoms with van der Waals surface area (Å²) in [7, 11) is 0. The third-order valence-electron chi connectivity index (χ3n) is 2.40. The maximum absolute atomic E-state index is 4.34. The molecule has 0 saturated carbocycles. The van der Waals surface area contributed by atoms with Crippen LogP contribution in [-0.4, -0.2) is 15.0 Å². The molecule has 15 heavy (non-hydrogen) atoms. The number of hydrogen-bond acceptors (Lipinski definition) is 2. The fraction of sp³-hybridized carbons (Fsp3) is 0. The Bertz CT molecular complexity index is 584. The van der Waals surface area contributed by atoms with Gasteiger partial charge >= 0.3 is 0 Å². The largest absolute Gasteiger partial charge is 0.346 e. The SMILES string of the molecule is c1ccc(-c2ccnc3[nH]ccc23)nc1. The van der Waals surface area contributed by atoms with Crippen LogP contribution in [0.25, 0.3) is 22.3 Å². The van der Waals surface area contributed by atoms with E-state index in [4.69, 9.17) is 0 Å². The molecule has 0 amide bonds. The molecule has 0 bridgehead atoms. The van der Waals surface area contributed by atoms with Gasteiger partial charge in [-0.2, -0.15) is 0 Å². The first-order valence-electron chi connectivity index (χ1n) is 4.78. The summed E-state index contributed by atoms with van der Waals surface area (Å²) < 4.78 is 0. The molecule has 0 saturated heterocycles. The van der Waals surface area contributed by atoms with Crippen LogP contribution in [0.4, 0.5) is 0 Å². The first kappa shape index (κ1) is 8.17. The van der Waals surface area contributed by atoms with Gasteiger partial charge in [0, 0.05) is 29.5 Å². The van der Waals surface area contributed by atoms with Crippen LogP contribution in [0.2, 0.25) is 0 Å². The molecule has 3 rings (SSSR count). The van der Waals surface area contributed by atoms with Crippen molar-refractivity contribution in [3.8, 4) is 11.3 Å². The van der Waals surface area contributed by atoms with Crippen LogP contribution in [0.1, 0.15) is 0 Å². The Morgan fingerprint density at radius 3 is 2.80 bits per heavy atom. The fourth-order valence-corrected chi connectivity index (χ4v) is 1.71. The zero-order chi connectivity index (χ0) is 10.1. The molecule has 3 heterocycles. The van der Waals surface area contributed by atoms with Crippen LogP contribution >= 0.6 is 0 Å². The van der Waals surface area contributed by atoms with E-state index in [0.29, 0.717) is 0 Å². The Morgan fingerprint density at radius 2 is 1.93 bits per heavy atom. The summed E-state index contributed by atoms with van der Waals surface area (Å²) in [5.74, 6) is 0. The van der Waals surface area contributed by atoms with E-state index in [9.17, 15) is 0 Å². The highest BCUT2D eigenvalue weighted by atomic mass is 14.8. The lowest BCUT2D eigenvalue weighted by atomic mass is 10.1. The lowest BCUT2D eigenvalue weighted by Gasteiger charge is -2.00. The van der Waals surface area contributed by atoms with Crippen LogP contribution < -0.4 is 0 Å². The van der Waals surface area contributed by atoms with Crippen molar-refractivity contribution in [2.75, 3.05) is 0 Å². The maximum atomic E-state index is 4.34. The molecule has 0 atom stereocenters. The van der Waals surface area contributed by atoms with Crippen molar-refractivity contribution in [1.82, 2.24) is 15.0 Å². The first-order valence-corrected chi connectivity index (χ1v) is 4.78. The molecule has 1 N–H and O–H groups in total. The zero-order valence-electron chi connectivity index (χ0n) is 8.01. The van der Waals surface area contributed by atoms with Crippen LogP contribution in [0.5, 0.6) is 0 Å². The summed E-state index contributed by atoms with van der Waals surface area (Å²) in [5, 5.41) is 1.11. The van der Waals surface area contributed by atoms with Crippen molar-refractivity contribution < 1.29 is 0 Å². The van der Waals surface area contributed by atoms with Crippen molar-refractivity contribution >= 4 is 11.0 Å². The minimum Gasteiger partial charge on any atom is -0.346 e. The van der Waals surface area contributed by atoms with Gasteiger partial charge in [0.1, 0.15) is 5.65 Å². The molecule has 0 unspecified atom stereocenters. The smallest absolute Gasteiger partial charge is 0.137 e. The summed E-state index contributed by atoms with van der Waals surface area (Å²) >= 11 is 0. The lowest BCUT2D eigenvalue weighted by molar-refractivity contribution is 1.30. The molecule has 0 aliphatic heterocycles. The number of aromatic nitrogens is 3. The Morgan fingerprint density at radius 1 is 0.933 bits per heavy atom. The van der Waals surface area contributed by atoms with Crippen molar-refractivity contribution in [2.24, 2.45) is 0 Å². The van der Waals surface area contributed by atoms with Gasteiger partial charge in [-0.15, -0.1) is 0 Å². The zero-order valence-corrected chi connectivity index (χ0v) is 8.01. The van der Waals surface area contributed by atoms with Gasteiger partial charge in [-0.05, 0) is 24.3 Å². The number of H-pyrrole nitrogens is 1. The number of nitrogens with one attached hydrogen (secondary N) is 1. The molecule has 3 aromatic heterocycles. The minimum absolute atomic E-state index is 0.901. The Balaban J connectivity index is 2.31. The van der Waals surface area contributed by atoms with Crippen molar-refractivity contribution in [3.63, 3.8) is 0 Å².